The van der Waals surface area contributed by atoms with E-state index in [4.69, 9.17) is 27.9 Å². The van der Waals surface area contributed by atoms with E-state index in [9.17, 15) is 14.4 Å². The highest BCUT2D eigenvalue weighted by atomic mass is 35.5. The van der Waals surface area contributed by atoms with Gasteiger partial charge in [-0.25, -0.2) is 0 Å². The van der Waals surface area contributed by atoms with Crippen molar-refractivity contribution in [1.82, 2.24) is 0 Å². The van der Waals surface area contributed by atoms with Gasteiger partial charge in [-0.1, -0.05) is 35.3 Å². The Labute approximate surface area is 160 Å². The summed E-state index contributed by atoms with van der Waals surface area (Å²) < 4.78 is 4.95. The fourth-order valence-corrected chi connectivity index (χ4v) is 2.34. The van der Waals surface area contributed by atoms with Crippen LogP contribution in [0.4, 0.5) is 11.4 Å². The maximum absolute atomic E-state index is 11.8. The number of esters is 1. The first kappa shape index (κ1) is 19.8. The Morgan fingerprint density at radius 3 is 2.19 bits per heavy atom. The van der Waals surface area contributed by atoms with Gasteiger partial charge in [0, 0.05) is 18.3 Å². The van der Waals surface area contributed by atoms with E-state index >= 15 is 0 Å². The van der Waals surface area contributed by atoms with Gasteiger partial charge in [0.05, 0.1) is 16.5 Å². The number of hydrogen-bond acceptors (Lipinski definition) is 4. The number of carbonyl (C=O) groups is 3. The van der Waals surface area contributed by atoms with Gasteiger partial charge in [0.25, 0.3) is 5.91 Å². The van der Waals surface area contributed by atoms with E-state index in [1.807, 2.05) is 0 Å². The van der Waals surface area contributed by atoms with Crippen molar-refractivity contribution in [3.63, 3.8) is 0 Å². The molecule has 2 aromatic rings. The van der Waals surface area contributed by atoms with Crippen LogP contribution in [-0.2, 0) is 25.5 Å². The summed E-state index contributed by atoms with van der Waals surface area (Å²) in [4.78, 5) is 34.6. The van der Waals surface area contributed by atoms with Crippen molar-refractivity contribution >= 4 is 52.4 Å². The van der Waals surface area contributed by atoms with Gasteiger partial charge in [-0.05, 0) is 35.9 Å². The van der Waals surface area contributed by atoms with Crippen molar-refractivity contribution in [1.29, 1.82) is 0 Å². The largest absolute Gasteiger partial charge is 0.455 e. The number of benzene rings is 2. The molecule has 0 spiro atoms. The lowest BCUT2D eigenvalue weighted by Crippen LogP contribution is -2.21. The van der Waals surface area contributed by atoms with E-state index in [-0.39, 0.29) is 12.3 Å². The lowest BCUT2D eigenvalue weighted by atomic mass is 10.1. The first-order valence-corrected chi connectivity index (χ1v) is 8.36. The molecular formula is C18H16Cl2N2O4. The van der Waals surface area contributed by atoms with Gasteiger partial charge < -0.3 is 15.4 Å². The summed E-state index contributed by atoms with van der Waals surface area (Å²) >= 11 is 11.7. The Bertz CT molecular complexity index is 822. The summed E-state index contributed by atoms with van der Waals surface area (Å²) in [7, 11) is 0. The molecule has 0 aliphatic carbocycles. The number of rotatable bonds is 6. The number of hydrogen-bond donors (Lipinski definition) is 2. The fraction of sp³-hybridized carbons (Fsp3) is 0.167. The van der Waals surface area contributed by atoms with Gasteiger partial charge in [0.2, 0.25) is 5.91 Å². The molecule has 0 aliphatic heterocycles. The minimum Gasteiger partial charge on any atom is -0.455 e. The van der Waals surface area contributed by atoms with Gasteiger partial charge in [-0.2, -0.15) is 0 Å². The molecule has 0 heterocycles. The van der Waals surface area contributed by atoms with Gasteiger partial charge in [0.15, 0.2) is 6.61 Å². The van der Waals surface area contributed by atoms with Crippen LogP contribution in [0.3, 0.4) is 0 Å². The first-order valence-electron chi connectivity index (χ1n) is 7.60. The molecule has 0 fully saturated rings. The molecule has 0 aliphatic rings. The highest BCUT2D eigenvalue weighted by Crippen LogP contribution is 2.24. The molecule has 0 unspecified atom stereocenters. The Balaban J connectivity index is 1.79. The minimum absolute atomic E-state index is 0.0143. The van der Waals surface area contributed by atoms with Crippen molar-refractivity contribution in [3.8, 4) is 0 Å². The van der Waals surface area contributed by atoms with E-state index in [1.54, 1.807) is 36.4 Å². The Morgan fingerprint density at radius 1 is 0.923 bits per heavy atom. The number of carbonyl (C=O) groups excluding carboxylic acids is 3. The molecule has 6 nitrogen and oxygen atoms in total. The van der Waals surface area contributed by atoms with Gasteiger partial charge in [0.1, 0.15) is 0 Å². The highest BCUT2D eigenvalue weighted by molar-refractivity contribution is 6.42. The molecule has 2 amide bonds. The molecule has 26 heavy (non-hydrogen) atoms. The van der Waals surface area contributed by atoms with Crippen LogP contribution in [0.2, 0.25) is 10.0 Å². The highest BCUT2D eigenvalue weighted by Gasteiger charge is 2.10. The molecular weight excluding hydrogens is 379 g/mol. The number of ether oxygens (including phenoxy) is 1. The fourth-order valence-electron chi connectivity index (χ4n) is 2.04. The lowest BCUT2D eigenvalue weighted by molar-refractivity contribution is -0.146. The Kier molecular flexibility index (Phi) is 7.00. The van der Waals surface area contributed by atoms with Crippen molar-refractivity contribution in [3.05, 3.63) is 58.1 Å². The number of nitrogens with one attached hydrogen (secondary N) is 2. The molecule has 0 radical (unpaired) electrons. The van der Waals surface area contributed by atoms with Gasteiger partial charge in [-0.15, -0.1) is 0 Å². The van der Waals surface area contributed by atoms with E-state index in [2.05, 4.69) is 10.6 Å². The molecule has 2 aromatic carbocycles. The number of anilines is 2. The maximum atomic E-state index is 11.8. The molecule has 0 saturated heterocycles. The molecule has 2 N–H and O–H groups in total. The van der Waals surface area contributed by atoms with Crippen molar-refractivity contribution in [2.75, 3.05) is 17.2 Å². The summed E-state index contributed by atoms with van der Waals surface area (Å²) in [6, 6.07) is 11.4. The van der Waals surface area contributed by atoms with E-state index < -0.39 is 18.5 Å². The molecule has 2 rings (SSSR count). The SMILES string of the molecule is CC(=O)Nc1ccc(CC(=O)OCC(=O)Nc2ccc(Cl)c(Cl)c2)cc1. The molecule has 8 heteroatoms. The summed E-state index contributed by atoms with van der Waals surface area (Å²) in [6.45, 7) is 0.997. The predicted molar refractivity (Wildman–Crippen MR) is 101 cm³/mol. The van der Waals surface area contributed by atoms with Crippen molar-refractivity contribution in [2.24, 2.45) is 0 Å². The lowest BCUT2D eigenvalue weighted by Gasteiger charge is -2.08. The van der Waals surface area contributed by atoms with Gasteiger partial charge in [-0.3, -0.25) is 14.4 Å². The molecule has 0 aromatic heterocycles. The topological polar surface area (TPSA) is 84.5 Å². The van der Waals surface area contributed by atoms with Crippen LogP contribution in [0.15, 0.2) is 42.5 Å². The molecule has 0 atom stereocenters. The van der Waals surface area contributed by atoms with Crippen LogP contribution in [0.5, 0.6) is 0 Å². The summed E-state index contributed by atoms with van der Waals surface area (Å²) in [5, 5.41) is 5.87. The van der Waals surface area contributed by atoms with Crippen LogP contribution < -0.4 is 10.6 Å². The van der Waals surface area contributed by atoms with Crippen LogP contribution in [0.1, 0.15) is 12.5 Å². The van der Waals surface area contributed by atoms with Crippen LogP contribution in [0.25, 0.3) is 0 Å². The first-order chi connectivity index (χ1) is 12.3. The summed E-state index contributed by atoms with van der Waals surface area (Å²) in [5.74, 6) is -1.20. The summed E-state index contributed by atoms with van der Waals surface area (Å²) in [6.07, 6.45) is 0.0143. The average Bonchev–Trinajstić information content (AvgIpc) is 2.58. The average molecular weight is 395 g/mol. The zero-order chi connectivity index (χ0) is 19.1. The van der Waals surface area contributed by atoms with E-state index in [0.717, 1.165) is 0 Å². The zero-order valence-electron chi connectivity index (χ0n) is 13.8. The van der Waals surface area contributed by atoms with Crippen LogP contribution >= 0.6 is 23.2 Å². The normalized spacial score (nSPS) is 10.1. The second-order valence-electron chi connectivity index (χ2n) is 5.39. The molecule has 0 bridgehead atoms. The standard InChI is InChI=1S/C18H16Cl2N2O4/c1-11(23)21-13-4-2-12(3-5-13)8-18(25)26-10-17(24)22-14-6-7-15(19)16(20)9-14/h2-7,9H,8,10H2,1H3,(H,21,23)(H,22,24). The zero-order valence-corrected chi connectivity index (χ0v) is 15.4. The van der Waals surface area contributed by atoms with Crippen molar-refractivity contribution in [2.45, 2.75) is 13.3 Å². The third-order valence-electron chi connectivity index (χ3n) is 3.19. The van der Waals surface area contributed by atoms with Gasteiger partial charge >= 0.3 is 5.97 Å². The minimum atomic E-state index is -0.540. The number of amides is 2. The predicted octanol–water partition coefficient (Wildman–Crippen LogP) is 3.68. The summed E-state index contributed by atoms with van der Waals surface area (Å²) in [5.41, 5.74) is 1.79. The monoisotopic (exact) mass is 394 g/mol. The number of halogens is 2. The Morgan fingerprint density at radius 2 is 1.58 bits per heavy atom. The van der Waals surface area contributed by atoms with Crippen LogP contribution in [-0.4, -0.2) is 24.4 Å². The Hall–Kier alpha value is -2.57. The van der Waals surface area contributed by atoms with Crippen molar-refractivity contribution < 1.29 is 19.1 Å². The molecule has 0 saturated carbocycles. The second-order valence-corrected chi connectivity index (χ2v) is 6.21. The maximum Gasteiger partial charge on any atom is 0.310 e. The molecule has 136 valence electrons. The van der Waals surface area contributed by atoms with E-state index in [1.165, 1.54) is 13.0 Å². The smallest absolute Gasteiger partial charge is 0.310 e. The van der Waals surface area contributed by atoms with Crippen LogP contribution in [0, 0.1) is 0 Å². The third-order valence-corrected chi connectivity index (χ3v) is 3.93. The second kappa shape index (κ2) is 9.22. The van der Waals surface area contributed by atoms with E-state index in [0.29, 0.717) is 27.0 Å². The quantitative estimate of drug-likeness (QED) is 0.731. The third kappa shape index (κ3) is 6.38.